The predicted octanol–water partition coefficient (Wildman–Crippen LogP) is 3.52. The van der Waals surface area contributed by atoms with Crippen molar-refractivity contribution in [3.8, 4) is 5.75 Å². The van der Waals surface area contributed by atoms with Gasteiger partial charge in [0.05, 0.1) is 6.10 Å². The summed E-state index contributed by atoms with van der Waals surface area (Å²) in [6.07, 6.45) is 0.230. The molecule has 0 saturated heterocycles. The number of hydrogen-bond acceptors (Lipinski definition) is 2. The van der Waals surface area contributed by atoms with E-state index in [2.05, 4.69) is 38.2 Å². The zero-order valence-corrected chi connectivity index (χ0v) is 10.3. The normalized spacial score (nSPS) is 10.5. The summed E-state index contributed by atoms with van der Waals surface area (Å²) in [7, 11) is 0. The largest absolute Gasteiger partial charge is 0.491 e. The molecule has 0 aromatic heterocycles. The molecule has 2 nitrogen and oxygen atoms in total. The van der Waals surface area contributed by atoms with Crippen LogP contribution in [0, 0.1) is 13.8 Å². The van der Waals surface area contributed by atoms with Crippen molar-refractivity contribution in [1.82, 2.24) is 0 Å². The van der Waals surface area contributed by atoms with Gasteiger partial charge in [0.25, 0.3) is 0 Å². The summed E-state index contributed by atoms with van der Waals surface area (Å²) in [5.74, 6) is 0.990. The second-order valence-electron chi connectivity index (χ2n) is 4.13. The molecule has 1 rings (SSSR count). The molecule has 0 bridgehead atoms. The third kappa shape index (κ3) is 3.15. The van der Waals surface area contributed by atoms with Crippen molar-refractivity contribution in [3.05, 3.63) is 23.3 Å². The lowest BCUT2D eigenvalue weighted by molar-refractivity contribution is 0.240. The Morgan fingerprint density at radius 3 is 2.40 bits per heavy atom. The lowest BCUT2D eigenvalue weighted by atomic mass is 10.1. The van der Waals surface area contributed by atoms with E-state index in [0.29, 0.717) is 0 Å². The van der Waals surface area contributed by atoms with E-state index in [9.17, 15) is 0 Å². The van der Waals surface area contributed by atoms with Crippen molar-refractivity contribution in [2.45, 2.75) is 40.7 Å². The Morgan fingerprint density at radius 1 is 1.20 bits per heavy atom. The van der Waals surface area contributed by atoms with Crippen molar-refractivity contribution < 1.29 is 4.74 Å². The quantitative estimate of drug-likeness (QED) is 0.815. The van der Waals surface area contributed by atoms with E-state index in [1.165, 1.54) is 16.8 Å². The van der Waals surface area contributed by atoms with Gasteiger partial charge < -0.3 is 10.1 Å². The highest BCUT2D eigenvalue weighted by molar-refractivity contribution is 5.56. The summed E-state index contributed by atoms with van der Waals surface area (Å²) in [6.45, 7) is 11.3. The van der Waals surface area contributed by atoms with E-state index < -0.39 is 0 Å². The van der Waals surface area contributed by atoms with Gasteiger partial charge in [-0.3, -0.25) is 0 Å². The van der Waals surface area contributed by atoms with Crippen molar-refractivity contribution >= 4 is 5.69 Å². The third-order valence-corrected chi connectivity index (χ3v) is 2.25. The van der Waals surface area contributed by atoms with Gasteiger partial charge in [0.15, 0.2) is 0 Å². The Morgan fingerprint density at radius 2 is 1.87 bits per heavy atom. The van der Waals surface area contributed by atoms with Gasteiger partial charge in [0, 0.05) is 12.2 Å². The molecule has 84 valence electrons. The molecule has 1 aromatic carbocycles. The van der Waals surface area contributed by atoms with Crippen LogP contribution in [0.15, 0.2) is 12.1 Å². The number of aryl methyl sites for hydroxylation is 2. The van der Waals surface area contributed by atoms with Gasteiger partial charge >= 0.3 is 0 Å². The average Bonchev–Trinajstić information content (AvgIpc) is 2.13. The van der Waals surface area contributed by atoms with Gasteiger partial charge in [-0.15, -0.1) is 0 Å². The first-order valence-corrected chi connectivity index (χ1v) is 5.56. The second kappa shape index (κ2) is 5.06. The fourth-order valence-corrected chi connectivity index (χ4v) is 1.55. The Balaban J connectivity index is 2.97. The summed E-state index contributed by atoms with van der Waals surface area (Å²) < 4.78 is 5.73. The Hall–Kier alpha value is -1.18. The zero-order chi connectivity index (χ0) is 11.4. The highest BCUT2D eigenvalue weighted by atomic mass is 16.5. The molecular weight excluding hydrogens is 186 g/mol. The maximum atomic E-state index is 5.73. The van der Waals surface area contributed by atoms with Crippen LogP contribution in [-0.4, -0.2) is 12.6 Å². The average molecular weight is 207 g/mol. The van der Waals surface area contributed by atoms with Crippen molar-refractivity contribution in [3.63, 3.8) is 0 Å². The number of hydrogen-bond donors (Lipinski definition) is 1. The van der Waals surface area contributed by atoms with E-state index in [1.807, 2.05) is 13.8 Å². The Labute approximate surface area is 92.6 Å². The number of nitrogens with one attached hydrogen (secondary N) is 1. The van der Waals surface area contributed by atoms with E-state index >= 15 is 0 Å². The standard InChI is InChI=1S/C13H21NO/c1-6-14-12-7-11(5)13(8-10(12)4)15-9(2)3/h7-9,14H,6H2,1-5H3. The van der Waals surface area contributed by atoms with Crippen LogP contribution in [-0.2, 0) is 0 Å². The highest BCUT2D eigenvalue weighted by Crippen LogP contribution is 2.26. The third-order valence-electron chi connectivity index (χ3n) is 2.25. The molecule has 1 aromatic rings. The first-order chi connectivity index (χ1) is 7.04. The van der Waals surface area contributed by atoms with E-state index in [-0.39, 0.29) is 6.10 Å². The van der Waals surface area contributed by atoms with Gasteiger partial charge in [-0.2, -0.15) is 0 Å². The lowest BCUT2D eigenvalue weighted by Crippen LogP contribution is -2.08. The molecule has 0 atom stereocenters. The zero-order valence-electron chi connectivity index (χ0n) is 10.3. The molecule has 0 aliphatic carbocycles. The monoisotopic (exact) mass is 207 g/mol. The van der Waals surface area contributed by atoms with E-state index in [0.717, 1.165) is 12.3 Å². The van der Waals surface area contributed by atoms with Gasteiger partial charge in [0.1, 0.15) is 5.75 Å². The SMILES string of the molecule is CCNc1cc(C)c(OC(C)C)cc1C. The smallest absolute Gasteiger partial charge is 0.123 e. The van der Waals surface area contributed by atoms with Crippen molar-refractivity contribution in [2.75, 3.05) is 11.9 Å². The molecular formula is C13H21NO. The molecule has 0 heterocycles. The topological polar surface area (TPSA) is 21.3 Å². The summed E-state index contributed by atoms with van der Waals surface area (Å²) in [4.78, 5) is 0. The first-order valence-electron chi connectivity index (χ1n) is 5.56. The second-order valence-corrected chi connectivity index (χ2v) is 4.13. The van der Waals surface area contributed by atoms with Crippen molar-refractivity contribution in [1.29, 1.82) is 0 Å². The van der Waals surface area contributed by atoms with Gasteiger partial charge in [-0.25, -0.2) is 0 Å². The lowest BCUT2D eigenvalue weighted by Gasteiger charge is -2.16. The van der Waals surface area contributed by atoms with Crippen LogP contribution in [0.25, 0.3) is 0 Å². The molecule has 2 heteroatoms. The molecule has 0 aliphatic rings. The van der Waals surface area contributed by atoms with Crippen LogP contribution >= 0.6 is 0 Å². The number of ether oxygens (including phenoxy) is 1. The first kappa shape index (κ1) is 11.9. The molecule has 0 fully saturated rings. The van der Waals surface area contributed by atoms with E-state index in [1.54, 1.807) is 0 Å². The summed E-state index contributed by atoms with van der Waals surface area (Å²) in [5.41, 5.74) is 3.62. The Bertz CT molecular complexity index is 332. The van der Waals surface area contributed by atoms with Crippen molar-refractivity contribution in [2.24, 2.45) is 0 Å². The van der Waals surface area contributed by atoms with E-state index in [4.69, 9.17) is 4.74 Å². The fourth-order valence-electron chi connectivity index (χ4n) is 1.55. The molecule has 0 radical (unpaired) electrons. The minimum Gasteiger partial charge on any atom is -0.491 e. The molecule has 0 saturated carbocycles. The van der Waals surface area contributed by atoms with Crippen LogP contribution in [0.5, 0.6) is 5.75 Å². The molecule has 0 aliphatic heterocycles. The molecule has 0 amide bonds. The van der Waals surface area contributed by atoms with Gasteiger partial charge in [0.2, 0.25) is 0 Å². The van der Waals surface area contributed by atoms with Crippen LogP contribution in [0.3, 0.4) is 0 Å². The summed E-state index contributed by atoms with van der Waals surface area (Å²) >= 11 is 0. The van der Waals surface area contributed by atoms with Crippen LogP contribution < -0.4 is 10.1 Å². The maximum absolute atomic E-state index is 5.73. The fraction of sp³-hybridized carbons (Fsp3) is 0.538. The molecule has 15 heavy (non-hydrogen) atoms. The highest BCUT2D eigenvalue weighted by Gasteiger charge is 2.06. The molecule has 0 unspecified atom stereocenters. The van der Waals surface area contributed by atoms with Crippen LogP contribution in [0.2, 0.25) is 0 Å². The number of anilines is 1. The predicted molar refractivity (Wildman–Crippen MR) is 65.8 cm³/mol. The van der Waals surface area contributed by atoms with Gasteiger partial charge in [-0.05, 0) is 57.9 Å². The van der Waals surface area contributed by atoms with Crippen LogP contribution in [0.1, 0.15) is 31.9 Å². The van der Waals surface area contributed by atoms with Gasteiger partial charge in [-0.1, -0.05) is 0 Å². The molecule has 1 N–H and O–H groups in total. The summed E-state index contributed by atoms with van der Waals surface area (Å²) in [6, 6.07) is 4.25. The number of rotatable bonds is 4. The number of benzene rings is 1. The summed E-state index contributed by atoms with van der Waals surface area (Å²) in [5, 5.41) is 3.34. The maximum Gasteiger partial charge on any atom is 0.123 e. The molecule has 0 spiro atoms. The minimum atomic E-state index is 0.230. The minimum absolute atomic E-state index is 0.230. The van der Waals surface area contributed by atoms with Crippen LogP contribution in [0.4, 0.5) is 5.69 Å². The Kier molecular flexibility index (Phi) is 4.01.